The Bertz CT molecular complexity index is 3020. The fourth-order valence-corrected chi connectivity index (χ4v) is 9.86. The standard InChI is InChI=1S/C29H23N.C29H22/c1-21(23-10-4-3-5-11-23)20-22(2)24-16-18-25(19-17-24)30-28-14-8-6-12-26(28)27-13-7-9-15-29(27)30;1-19(2)22-13-9-14-24-23-12-5-8-17-27(23)29(28(22)24)25-15-6-3-10-20(25)18-21-11-4-7-16-26(21)29/h3-20H,1H2,2H3;3-17H,1,18H2,2H3/b22-20+;. The molecule has 282 valence electrons. The highest BCUT2D eigenvalue weighted by atomic mass is 15.0. The number of hydrogen-bond donors (Lipinski definition) is 0. The lowest BCUT2D eigenvalue weighted by molar-refractivity contribution is 0.720. The van der Waals surface area contributed by atoms with E-state index in [1.165, 1.54) is 88.7 Å². The third kappa shape index (κ3) is 5.84. The molecule has 0 N–H and O–H groups in total. The molecule has 1 heteroatoms. The molecule has 0 amide bonds. The van der Waals surface area contributed by atoms with Crippen LogP contribution in [0.3, 0.4) is 0 Å². The van der Waals surface area contributed by atoms with Crippen LogP contribution in [0.1, 0.15) is 63.9 Å². The average molecular weight is 756 g/mol. The van der Waals surface area contributed by atoms with Gasteiger partial charge in [-0.25, -0.2) is 0 Å². The number of aromatic nitrogens is 1. The molecule has 0 radical (unpaired) electrons. The smallest absolute Gasteiger partial charge is 0.0724 e. The van der Waals surface area contributed by atoms with Gasteiger partial charge in [-0.15, -0.1) is 0 Å². The largest absolute Gasteiger partial charge is 0.309 e. The molecule has 1 aromatic heterocycles. The Kier molecular flexibility index (Phi) is 8.96. The lowest BCUT2D eigenvalue weighted by atomic mass is 9.60. The second kappa shape index (κ2) is 14.6. The van der Waals surface area contributed by atoms with E-state index in [2.05, 4.69) is 214 Å². The average Bonchev–Trinajstić information content (AvgIpc) is 3.78. The second-order valence-electron chi connectivity index (χ2n) is 15.9. The minimum Gasteiger partial charge on any atom is -0.309 e. The highest BCUT2D eigenvalue weighted by Crippen LogP contribution is 2.60. The van der Waals surface area contributed by atoms with E-state index in [0.29, 0.717) is 0 Å². The van der Waals surface area contributed by atoms with Crippen LogP contribution in [0.25, 0.3) is 55.3 Å². The van der Waals surface area contributed by atoms with Gasteiger partial charge in [0, 0.05) is 16.5 Å². The summed E-state index contributed by atoms with van der Waals surface area (Å²) in [6.45, 7) is 12.9. The summed E-state index contributed by atoms with van der Waals surface area (Å²) in [4.78, 5) is 0. The molecule has 2 aliphatic rings. The van der Waals surface area contributed by atoms with Crippen molar-refractivity contribution in [2.24, 2.45) is 0 Å². The molecular weight excluding hydrogens is 711 g/mol. The molecule has 0 saturated heterocycles. The van der Waals surface area contributed by atoms with Gasteiger partial charge in [-0.2, -0.15) is 0 Å². The number of hydrogen-bond acceptors (Lipinski definition) is 0. The van der Waals surface area contributed by atoms with E-state index in [1.54, 1.807) is 0 Å². The lowest BCUT2D eigenvalue weighted by Crippen LogP contribution is -2.34. The van der Waals surface area contributed by atoms with Gasteiger partial charge < -0.3 is 4.57 Å². The van der Waals surface area contributed by atoms with E-state index in [4.69, 9.17) is 0 Å². The van der Waals surface area contributed by atoms with Gasteiger partial charge >= 0.3 is 0 Å². The fourth-order valence-electron chi connectivity index (χ4n) is 9.86. The summed E-state index contributed by atoms with van der Waals surface area (Å²) in [6, 6.07) is 70.0. The number of allylic oxidation sites excluding steroid dienone is 4. The van der Waals surface area contributed by atoms with Crippen molar-refractivity contribution >= 4 is 38.5 Å². The Morgan fingerprint density at radius 3 is 1.64 bits per heavy atom. The van der Waals surface area contributed by atoms with Crippen molar-refractivity contribution < 1.29 is 0 Å². The van der Waals surface area contributed by atoms with Crippen LogP contribution in [0.2, 0.25) is 0 Å². The van der Waals surface area contributed by atoms with Crippen LogP contribution < -0.4 is 0 Å². The van der Waals surface area contributed by atoms with Crippen LogP contribution in [0.15, 0.2) is 213 Å². The topological polar surface area (TPSA) is 4.93 Å². The minimum atomic E-state index is -0.285. The quantitative estimate of drug-likeness (QED) is 0.154. The van der Waals surface area contributed by atoms with Crippen molar-refractivity contribution in [3.63, 3.8) is 0 Å². The molecule has 1 heterocycles. The van der Waals surface area contributed by atoms with Gasteiger partial charge in [-0.05, 0) is 117 Å². The first kappa shape index (κ1) is 36.1. The van der Waals surface area contributed by atoms with Crippen molar-refractivity contribution in [3.8, 4) is 16.8 Å². The van der Waals surface area contributed by atoms with Gasteiger partial charge in [0.05, 0.1) is 16.4 Å². The van der Waals surface area contributed by atoms with Crippen LogP contribution >= 0.6 is 0 Å². The SMILES string of the molecule is C=C(/C=C(\C)c1ccc(-n2c3ccccc3c3ccccc32)cc1)c1ccccc1.C=C(C)c1cccc2c1C1(c3ccccc3Cc3ccccc31)c1ccccc1-2. The molecule has 0 atom stereocenters. The molecule has 0 fully saturated rings. The molecule has 11 rings (SSSR count). The van der Waals surface area contributed by atoms with E-state index in [0.717, 1.165) is 23.1 Å². The van der Waals surface area contributed by atoms with Crippen LogP contribution in [0.4, 0.5) is 0 Å². The predicted molar refractivity (Wildman–Crippen MR) is 251 cm³/mol. The molecule has 1 nitrogen and oxygen atoms in total. The van der Waals surface area contributed by atoms with E-state index in [9.17, 15) is 0 Å². The number of rotatable bonds is 5. The Morgan fingerprint density at radius 2 is 1.02 bits per heavy atom. The van der Waals surface area contributed by atoms with Gasteiger partial charge in [0.15, 0.2) is 0 Å². The third-order valence-electron chi connectivity index (χ3n) is 12.4. The first-order chi connectivity index (χ1) is 28.9. The Morgan fingerprint density at radius 1 is 0.492 bits per heavy atom. The molecule has 0 bridgehead atoms. The van der Waals surface area contributed by atoms with Gasteiger partial charge in [0.2, 0.25) is 0 Å². The second-order valence-corrected chi connectivity index (χ2v) is 15.9. The summed E-state index contributed by atoms with van der Waals surface area (Å²) < 4.78 is 2.34. The molecule has 59 heavy (non-hydrogen) atoms. The summed E-state index contributed by atoms with van der Waals surface area (Å²) >= 11 is 0. The van der Waals surface area contributed by atoms with Crippen molar-refractivity contribution in [3.05, 3.63) is 263 Å². The van der Waals surface area contributed by atoms with Crippen LogP contribution in [0, 0.1) is 0 Å². The van der Waals surface area contributed by atoms with Crippen molar-refractivity contribution in [2.75, 3.05) is 0 Å². The zero-order valence-corrected chi connectivity index (χ0v) is 33.6. The summed E-state index contributed by atoms with van der Waals surface area (Å²) in [7, 11) is 0. The Hall–Kier alpha value is -7.22. The van der Waals surface area contributed by atoms with Crippen molar-refractivity contribution in [2.45, 2.75) is 25.7 Å². The first-order valence-electron chi connectivity index (χ1n) is 20.5. The summed E-state index contributed by atoms with van der Waals surface area (Å²) in [5.74, 6) is 0. The predicted octanol–water partition coefficient (Wildman–Crippen LogP) is 14.9. The first-order valence-corrected chi connectivity index (χ1v) is 20.5. The maximum absolute atomic E-state index is 4.36. The maximum atomic E-state index is 4.36. The van der Waals surface area contributed by atoms with E-state index >= 15 is 0 Å². The van der Waals surface area contributed by atoms with E-state index < -0.39 is 0 Å². The number of nitrogens with zero attached hydrogens (tertiary/aromatic N) is 1. The lowest BCUT2D eigenvalue weighted by Gasteiger charge is -2.41. The molecular formula is C58H45N. The van der Waals surface area contributed by atoms with E-state index in [-0.39, 0.29) is 5.41 Å². The molecule has 1 spiro atoms. The number of fused-ring (bicyclic) bond motifs is 12. The molecule has 0 saturated carbocycles. The zero-order valence-electron chi connectivity index (χ0n) is 33.6. The molecule has 0 aliphatic heterocycles. The minimum absolute atomic E-state index is 0.285. The number of benzene rings is 8. The van der Waals surface area contributed by atoms with Crippen LogP contribution in [-0.2, 0) is 11.8 Å². The normalized spacial score (nSPS) is 13.2. The van der Waals surface area contributed by atoms with Gasteiger partial charge in [0.1, 0.15) is 0 Å². The third-order valence-corrected chi connectivity index (χ3v) is 12.4. The highest BCUT2D eigenvalue weighted by Gasteiger charge is 2.50. The van der Waals surface area contributed by atoms with Crippen molar-refractivity contribution in [1.82, 2.24) is 4.57 Å². The van der Waals surface area contributed by atoms with Gasteiger partial charge in [-0.3, -0.25) is 0 Å². The Balaban J connectivity index is 0.000000143. The summed E-state index contributed by atoms with van der Waals surface area (Å²) in [5.41, 5.74) is 21.5. The van der Waals surface area contributed by atoms with Crippen LogP contribution in [-0.4, -0.2) is 4.57 Å². The molecule has 2 aliphatic carbocycles. The molecule has 0 unspecified atom stereocenters. The van der Waals surface area contributed by atoms with Gasteiger partial charge in [-0.1, -0.05) is 195 Å². The van der Waals surface area contributed by atoms with E-state index in [1.807, 2.05) is 18.2 Å². The van der Waals surface area contributed by atoms with Crippen molar-refractivity contribution in [1.29, 1.82) is 0 Å². The highest BCUT2D eigenvalue weighted by molar-refractivity contribution is 6.09. The zero-order chi connectivity index (χ0) is 40.1. The molecule has 8 aromatic carbocycles. The monoisotopic (exact) mass is 755 g/mol. The number of para-hydroxylation sites is 2. The van der Waals surface area contributed by atoms with Gasteiger partial charge in [0.25, 0.3) is 0 Å². The van der Waals surface area contributed by atoms with Crippen LogP contribution in [0.5, 0.6) is 0 Å². The Labute approximate surface area is 347 Å². The molecule has 9 aromatic rings. The summed E-state index contributed by atoms with van der Waals surface area (Å²) in [5, 5.41) is 2.57. The maximum Gasteiger partial charge on any atom is 0.0724 e. The fraction of sp³-hybridized carbons (Fsp3) is 0.0690. The summed E-state index contributed by atoms with van der Waals surface area (Å²) in [6.07, 6.45) is 3.14.